The third kappa shape index (κ3) is 3.54. The molecule has 0 aliphatic rings. The molecule has 3 heterocycles. The summed E-state index contributed by atoms with van der Waals surface area (Å²) in [7, 11) is 0. The summed E-state index contributed by atoms with van der Waals surface area (Å²) in [4.78, 5) is 19.4. The Kier molecular flexibility index (Phi) is 5.00. The minimum atomic E-state index is -0.442. The van der Waals surface area contributed by atoms with E-state index in [1.54, 1.807) is 41.4 Å². The molecule has 158 valence electrons. The number of nitrogens with one attached hydrogen (secondary N) is 1. The van der Waals surface area contributed by atoms with Gasteiger partial charge in [0, 0.05) is 33.6 Å². The first-order valence-electron chi connectivity index (χ1n) is 9.76. The zero-order valence-electron chi connectivity index (χ0n) is 16.9. The number of fused-ring (bicyclic) bond motifs is 1. The van der Waals surface area contributed by atoms with Gasteiger partial charge in [-0.2, -0.15) is 5.10 Å². The van der Waals surface area contributed by atoms with Crippen molar-refractivity contribution in [3.05, 3.63) is 98.5 Å². The predicted molar refractivity (Wildman–Crippen MR) is 124 cm³/mol. The molecule has 5 rings (SSSR count). The molecule has 5 aromatic rings. The number of aryl methyl sites for hydroxylation is 1. The van der Waals surface area contributed by atoms with Gasteiger partial charge in [0.25, 0.3) is 5.69 Å². The van der Waals surface area contributed by atoms with Crippen LogP contribution in [0.25, 0.3) is 22.4 Å². The Morgan fingerprint density at radius 2 is 1.94 bits per heavy atom. The maximum Gasteiger partial charge on any atom is 0.294 e. The number of para-hydroxylation sites is 3. The van der Waals surface area contributed by atoms with E-state index in [4.69, 9.17) is 9.52 Å². The summed E-state index contributed by atoms with van der Waals surface area (Å²) in [5.41, 5.74) is 3.87. The molecule has 2 aromatic carbocycles. The van der Waals surface area contributed by atoms with Crippen LogP contribution in [0.1, 0.15) is 11.3 Å². The van der Waals surface area contributed by atoms with Crippen molar-refractivity contribution >= 4 is 39.8 Å². The van der Waals surface area contributed by atoms with Crippen LogP contribution in [0.15, 0.2) is 86.8 Å². The van der Waals surface area contributed by atoms with Gasteiger partial charge in [0.1, 0.15) is 11.4 Å². The number of nitrogens with zero attached hydrogens (tertiary/aromatic N) is 4. The van der Waals surface area contributed by atoms with Gasteiger partial charge in [-0.05, 0) is 31.2 Å². The van der Waals surface area contributed by atoms with Crippen LogP contribution in [0.2, 0.25) is 0 Å². The maximum absolute atomic E-state index is 11.4. The van der Waals surface area contributed by atoms with E-state index in [2.05, 4.69) is 9.98 Å². The second kappa shape index (κ2) is 8.12. The van der Waals surface area contributed by atoms with Crippen LogP contribution in [0.5, 0.6) is 0 Å². The number of rotatable bonds is 5. The number of nitro groups is 1. The van der Waals surface area contributed by atoms with Gasteiger partial charge in [0.2, 0.25) is 4.80 Å². The van der Waals surface area contributed by atoms with Crippen LogP contribution in [0.4, 0.5) is 11.4 Å². The molecular weight excluding hydrogens is 426 g/mol. The Morgan fingerprint density at radius 3 is 2.75 bits per heavy atom. The zero-order chi connectivity index (χ0) is 22.1. The van der Waals surface area contributed by atoms with Gasteiger partial charge >= 0.3 is 0 Å². The molecule has 3 aromatic heterocycles. The average Bonchev–Trinajstić information content (AvgIpc) is 3.51. The van der Waals surface area contributed by atoms with E-state index < -0.39 is 4.92 Å². The van der Waals surface area contributed by atoms with E-state index in [1.807, 2.05) is 42.6 Å². The van der Waals surface area contributed by atoms with E-state index in [0.717, 1.165) is 22.2 Å². The van der Waals surface area contributed by atoms with Crippen molar-refractivity contribution in [2.75, 3.05) is 0 Å². The molecule has 0 aliphatic heterocycles. The molecule has 0 atom stereocenters. The molecule has 1 N–H and O–H groups in total. The molecule has 0 saturated heterocycles. The minimum Gasteiger partial charge on any atom is -0.463 e. The Morgan fingerprint density at radius 1 is 1.12 bits per heavy atom. The average molecular weight is 443 g/mol. The third-order valence-electron chi connectivity index (χ3n) is 5.00. The highest BCUT2D eigenvalue weighted by molar-refractivity contribution is 7.07. The predicted octanol–water partition coefficient (Wildman–Crippen LogP) is 5.62. The van der Waals surface area contributed by atoms with Crippen molar-refractivity contribution in [2.24, 2.45) is 10.1 Å². The lowest BCUT2D eigenvalue weighted by Crippen LogP contribution is -2.11. The summed E-state index contributed by atoms with van der Waals surface area (Å²) < 4.78 is 7.21. The lowest BCUT2D eigenvalue weighted by Gasteiger charge is -2.01. The fourth-order valence-electron chi connectivity index (χ4n) is 3.48. The molecule has 0 amide bonds. The van der Waals surface area contributed by atoms with Gasteiger partial charge in [0.15, 0.2) is 5.76 Å². The third-order valence-corrected chi connectivity index (χ3v) is 5.82. The lowest BCUT2D eigenvalue weighted by molar-refractivity contribution is -0.384. The fraction of sp³-hybridized carbons (Fsp3) is 0.0435. The van der Waals surface area contributed by atoms with E-state index in [9.17, 15) is 10.1 Å². The summed E-state index contributed by atoms with van der Waals surface area (Å²) >= 11 is 1.33. The number of aromatic nitrogens is 2. The van der Waals surface area contributed by atoms with Crippen molar-refractivity contribution in [3.63, 3.8) is 0 Å². The standard InChI is InChI=1S/C23H17N5O3S/c1-15-17(16-7-2-3-8-18(16)25-15)13-24-27-21(22-11-6-12-31-22)14-32-23(27)26-19-9-4-5-10-20(19)28(29)30/h2-14,25H,1H3. The monoisotopic (exact) mass is 443 g/mol. The summed E-state index contributed by atoms with van der Waals surface area (Å²) in [5, 5.41) is 19.1. The van der Waals surface area contributed by atoms with E-state index in [0.29, 0.717) is 16.3 Å². The molecule has 0 bridgehead atoms. The molecule has 0 radical (unpaired) electrons. The highest BCUT2D eigenvalue weighted by atomic mass is 32.1. The number of H-pyrrole nitrogens is 1. The minimum absolute atomic E-state index is 0.0662. The topological polar surface area (TPSA) is 102 Å². The van der Waals surface area contributed by atoms with E-state index in [1.165, 1.54) is 17.4 Å². The van der Waals surface area contributed by atoms with Crippen LogP contribution in [0, 0.1) is 17.0 Å². The largest absolute Gasteiger partial charge is 0.463 e. The van der Waals surface area contributed by atoms with Crippen molar-refractivity contribution in [3.8, 4) is 11.5 Å². The first-order valence-corrected chi connectivity index (χ1v) is 10.6. The van der Waals surface area contributed by atoms with Gasteiger partial charge in [-0.1, -0.05) is 30.3 Å². The summed E-state index contributed by atoms with van der Waals surface area (Å²) in [6.45, 7) is 1.99. The first kappa shape index (κ1) is 19.7. The van der Waals surface area contributed by atoms with Gasteiger partial charge in [-0.3, -0.25) is 10.1 Å². The second-order valence-electron chi connectivity index (χ2n) is 7.00. The van der Waals surface area contributed by atoms with Gasteiger partial charge in [0.05, 0.1) is 17.4 Å². The van der Waals surface area contributed by atoms with Crippen molar-refractivity contribution in [2.45, 2.75) is 6.92 Å². The quantitative estimate of drug-likeness (QED) is 0.217. The molecular formula is C23H17N5O3S. The first-order chi connectivity index (χ1) is 15.6. The van der Waals surface area contributed by atoms with Gasteiger partial charge in [-0.25, -0.2) is 9.67 Å². The highest BCUT2D eigenvalue weighted by Gasteiger charge is 2.15. The van der Waals surface area contributed by atoms with Crippen molar-refractivity contribution < 1.29 is 9.34 Å². The number of thiazole rings is 1. The number of furan rings is 1. The normalized spacial score (nSPS) is 12.2. The van der Waals surface area contributed by atoms with Crippen molar-refractivity contribution in [1.82, 2.24) is 9.66 Å². The molecule has 0 unspecified atom stereocenters. The Hall–Kier alpha value is -4.24. The molecule has 0 saturated carbocycles. The summed E-state index contributed by atoms with van der Waals surface area (Å²) in [6, 6.07) is 18.0. The molecule has 9 heteroatoms. The van der Waals surface area contributed by atoms with E-state index >= 15 is 0 Å². The molecule has 8 nitrogen and oxygen atoms in total. The van der Waals surface area contributed by atoms with Crippen LogP contribution in [-0.2, 0) is 0 Å². The maximum atomic E-state index is 11.4. The van der Waals surface area contributed by atoms with Gasteiger partial charge in [-0.15, -0.1) is 11.3 Å². The van der Waals surface area contributed by atoms with E-state index in [-0.39, 0.29) is 11.4 Å². The van der Waals surface area contributed by atoms with Crippen molar-refractivity contribution in [1.29, 1.82) is 0 Å². The Balaban J connectivity index is 1.69. The number of aromatic amines is 1. The Labute approximate surface area is 186 Å². The lowest BCUT2D eigenvalue weighted by atomic mass is 10.1. The van der Waals surface area contributed by atoms with Gasteiger partial charge < -0.3 is 9.40 Å². The smallest absolute Gasteiger partial charge is 0.294 e. The van der Waals surface area contributed by atoms with Crippen LogP contribution in [0.3, 0.4) is 0 Å². The Bertz CT molecular complexity index is 1520. The number of hydrogen-bond donors (Lipinski definition) is 1. The molecule has 0 fully saturated rings. The highest BCUT2D eigenvalue weighted by Crippen LogP contribution is 2.27. The SMILES string of the molecule is Cc1[nH]c2ccccc2c1C=Nn1c(-c2ccco2)csc1=Nc1ccccc1[N+](=O)[O-]. The summed E-state index contributed by atoms with van der Waals surface area (Å²) in [6.07, 6.45) is 3.36. The molecule has 0 spiro atoms. The number of hydrogen-bond acceptors (Lipinski definition) is 6. The molecule has 32 heavy (non-hydrogen) atoms. The number of benzene rings is 2. The van der Waals surface area contributed by atoms with Crippen LogP contribution < -0.4 is 4.80 Å². The zero-order valence-corrected chi connectivity index (χ0v) is 17.7. The molecule has 0 aliphatic carbocycles. The summed E-state index contributed by atoms with van der Waals surface area (Å²) in [5.74, 6) is 0.623. The second-order valence-corrected chi connectivity index (χ2v) is 7.84. The van der Waals surface area contributed by atoms with Crippen LogP contribution in [-0.4, -0.2) is 20.8 Å². The van der Waals surface area contributed by atoms with Crippen LogP contribution >= 0.6 is 11.3 Å². The number of nitro benzene ring substituents is 1. The fourth-order valence-corrected chi connectivity index (χ4v) is 4.31.